The van der Waals surface area contributed by atoms with Crippen molar-refractivity contribution >= 4 is 46.1 Å². The van der Waals surface area contributed by atoms with Crippen molar-refractivity contribution in [2.24, 2.45) is 0 Å². The maximum Gasteiger partial charge on any atom is 0.270 e. The molecule has 0 spiro atoms. The Hall–Kier alpha value is -2.89. The Morgan fingerprint density at radius 2 is 1.80 bits per heavy atom. The molecule has 4 rings (SSSR count). The lowest BCUT2D eigenvalue weighted by Crippen LogP contribution is -2.35. The van der Waals surface area contributed by atoms with E-state index >= 15 is 0 Å². The van der Waals surface area contributed by atoms with Crippen LogP contribution in [0.1, 0.15) is 54.9 Å². The van der Waals surface area contributed by atoms with Crippen LogP contribution in [0.4, 0.5) is 5.82 Å². The molecule has 0 unspecified atom stereocenters. The number of thiocarbonyl (C=S) groups is 1. The number of hydrogen-bond acceptors (Lipinski definition) is 6. The van der Waals surface area contributed by atoms with E-state index in [0.717, 1.165) is 62.1 Å². The summed E-state index contributed by atoms with van der Waals surface area (Å²) >= 11 is 6.85. The Kier molecular flexibility index (Phi) is 8.09. The molecule has 2 aromatic rings. The van der Waals surface area contributed by atoms with Crippen molar-refractivity contribution in [3.8, 4) is 6.07 Å². The van der Waals surface area contributed by atoms with Gasteiger partial charge >= 0.3 is 0 Å². The zero-order valence-corrected chi connectivity index (χ0v) is 21.9. The second-order valence-corrected chi connectivity index (χ2v) is 10.5. The van der Waals surface area contributed by atoms with Crippen LogP contribution in [0.5, 0.6) is 0 Å². The van der Waals surface area contributed by atoms with Crippen molar-refractivity contribution < 1.29 is 4.79 Å². The van der Waals surface area contributed by atoms with E-state index in [1.165, 1.54) is 11.8 Å². The van der Waals surface area contributed by atoms with E-state index in [4.69, 9.17) is 12.2 Å². The highest BCUT2D eigenvalue weighted by Gasteiger charge is 2.33. The van der Waals surface area contributed by atoms with Crippen LogP contribution in [-0.4, -0.2) is 39.3 Å². The molecule has 35 heavy (non-hydrogen) atoms. The molecule has 0 N–H and O–H groups in total. The Morgan fingerprint density at radius 3 is 2.43 bits per heavy atom. The number of carbonyl (C=O) groups excluding carboxylic acids is 1. The first-order chi connectivity index (χ1) is 17.0. The number of hydrogen-bond donors (Lipinski definition) is 0. The highest BCUT2D eigenvalue weighted by atomic mass is 32.2. The third kappa shape index (κ3) is 5.21. The summed E-state index contributed by atoms with van der Waals surface area (Å²) in [5, 5.41) is 9.77. The predicted molar refractivity (Wildman–Crippen MR) is 147 cm³/mol. The SMILES string of the molecule is CCn1c(N2CCCCCC2)c(/C=C2\SC(=S)N(CCc3ccccc3)C2=O)c(C)c(C#N)c1=O. The first-order valence-corrected chi connectivity index (χ1v) is 13.4. The first-order valence-electron chi connectivity index (χ1n) is 12.2. The first kappa shape index (κ1) is 25.2. The van der Waals surface area contributed by atoms with Crippen LogP contribution in [0.15, 0.2) is 40.0 Å². The predicted octanol–water partition coefficient (Wildman–Crippen LogP) is 4.87. The Morgan fingerprint density at radius 1 is 1.11 bits per heavy atom. The topological polar surface area (TPSA) is 69.3 Å². The molecule has 0 aliphatic carbocycles. The minimum atomic E-state index is -0.265. The molecule has 0 radical (unpaired) electrons. The molecule has 2 aliphatic heterocycles. The maximum atomic E-state index is 13.4. The van der Waals surface area contributed by atoms with Crippen molar-refractivity contribution in [3.63, 3.8) is 0 Å². The quantitative estimate of drug-likeness (QED) is 0.411. The molecule has 0 bridgehead atoms. The smallest absolute Gasteiger partial charge is 0.270 e. The van der Waals surface area contributed by atoms with Gasteiger partial charge in [0.05, 0.1) is 4.91 Å². The van der Waals surface area contributed by atoms with Gasteiger partial charge in [-0.1, -0.05) is 67.2 Å². The van der Waals surface area contributed by atoms with E-state index in [0.29, 0.717) is 27.9 Å². The van der Waals surface area contributed by atoms with Crippen LogP contribution < -0.4 is 10.5 Å². The van der Waals surface area contributed by atoms with Gasteiger partial charge in [0.2, 0.25) is 0 Å². The van der Waals surface area contributed by atoms with Crippen molar-refractivity contribution in [3.05, 3.63) is 67.8 Å². The summed E-state index contributed by atoms with van der Waals surface area (Å²) < 4.78 is 2.23. The van der Waals surface area contributed by atoms with E-state index in [2.05, 4.69) is 11.0 Å². The molecule has 8 heteroatoms. The number of carbonyl (C=O) groups is 1. The van der Waals surface area contributed by atoms with Gasteiger partial charge in [0, 0.05) is 31.7 Å². The van der Waals surface area contributed by atoms with E-state index in [9.17, 15) is 14.9 Å². The van der Waals surface area contributed by atoms with Crippen LogP contribution >= 0.6 is 24.0 Å². The van der Waals surface area contributed by atoms with E-state index in [1.807, 2.05) is 50.3 Å². The summed E-state index contributed by atoms with van der Waals surface area (Å²) in [5.41, 5.74) is 2.42. The van der Waals surface area contributed by atoms with Crippen LogP contribution in [0.25, 0.3) is 6.08 Å². The van der Waals surface area contributed by atoms with Crippen LogP contribution in [0.3, 0.4) is 0 Å². The number of nitrogens with zero attached hydrogens (tertiary/aromatic N) is 4. The molecule has 3 heterocycles. The van der Waals surface area contributed by atoms with Gasteiger partial charge in [-0.05, 0) is 50.3 Å². The fourth-order valence-electron chi connectivity index (χ4n) is 4.77. The van der Waals surface area contributed by atoms with Gasteiger partial charge in [-0.25, -0.2) is 0 Å². The third-order valence-corrected chi connectivity index (χ3v) is 8.06. The number of nitriles is 1. The highest BCUT2D eigenvalue weighted by molar-refractivity contribution is 8.26. The second-order valence-electron chi connectivity index (χ2n) is 8.87. The zero-order valence-electron chi connectivity index (χ0n) is 20.2. The maximum absolute atomic E-state index is 13.4. The van der Waals surface area contributed by atoms with Crippen LogP contribution in [0, 0.1) is 18.3 Å². The van der Waals surface area contributed by atoms with Gasteiger partial charge < -0.3 is 4.90 Å². The van der Waals surface area contributed by atoms with Gasteiger partial charge in [0.25, 0.3) is 11.5 Å². The number of aromatic nitrogens is 1. The highest BCUT2D eigenvalue weighted by Crippen LogP contribution is 2.36. The van der Waals surface area contributed by atoms with E-state index in [1.54, 1.807) is 9.47 Å². The number of anilines is 1. The summed E-state index contributed by atoms with van der Waals surface area (Å²) in [4.78, 5) is 31.0. The van der Waals surface area contributed by atoms with Gasteiger partial charge in [0.1, 0.15) is 21.8 Å². The number of amides is 1. The van der Waals surface area contributed by atoms with Crippen molar-refractivity contribution in [2.45, 2.75) is 52.5 Å². The van der Waals surface area contributed by atoms with Gasteiger partial charge in [-0.15, -0.1) is 0 Å². The fraction of sp³-hybridized carbons (Fsp3) is 0.407. The molecule has 0 saturated carbocycles. The number of thioether (sulfide) groups is 1. The Bertz CT molecular complexity index is 1250. The average molecular weight is 507 g/mol. The van der Waals surface area contributed by atoms with E-state index < -0.39 is 0 Å². The average Bonchev–Trinajstić information content (AvgIpc) is 3.03. The minimum absolute atomic E-state index is 0.120. The standard InChI is InChI=1S/C27H30N4O2S2/c1-3-30-24(29-14-9-4-5-10-15-29)21(19(2)22(18-28)25(30)32)17-23-26(33)31(27(34)35-23)16-13-20-11-7-6-8-12-20/h6-8,11-12,17H,3-5,9-10,13-16H2,1-2H3/b23-17-. The molecule has 0 atom stereocenters. The van der Waals surface area contributed by atoms with E-state index in [-0.39, 0.29) is 17.0 Å². The van der Waals surface area contributed by atoms with Crippen molar-refractivity contribution in [1.82, 2.24) is 9.47 Å². The van der Waals surface area contributed by atoms with Gasteiger partial charge in [-0.2, -0.15) is 5.26 Å². The molecular weight excluding hydrogens is 476 g/mol. The lowest BCUT2D eigenvalue weighted by atomic mass is 10.0. The molecule has 1 aromatic heterocycles. The molecule has 182 valence electrons. The summed E-state index contributed by atoms with van der Waals surface area (Å²) in [6.45, 7) is 6.41. The molecule has 2 saturated heterocycles. The lowest BCUT2D eigenvalue weighted by Gasteiger charge is -2.29. The van der Waals surface area contributed by atoms with Crippen LogP contribution in [0.2, 0.25) is 0 Å². The lowest BCUT2D eigenvalue weighted by molar-refractivity contribution is -0.122. The fourth-order valence-corrected chi connectivity index (χ4v) is 6.06. The molecule has 1 amide bonds. The summed E-state index contributed by atoms with van der Waals surface area (Å²) in [7, 11) is 0. The number of rotatable bonds is 6. The molecule has 2 aliphatic rings. The Balaban J connectivity index is 1.75. The normalized spacial score (nSPS) is 17.7. The number of pyridine rings is 1. The second kappa shape index (κ2) is 11.2. The molecule has 6 nitrogen and oxygen atoms in total. The van der Waals surface area contributed by atoms with Crippen molar-refractivity contribution in [1.29, 1.82) is 5.26 Å². The summed E-state index contributed by atoms with van der Waals surface area (Å²) in [6.07, 6.45) is 7.01. The minimum Gasteiger partial charge on any atom is -0.357 e. The zero-order chi connectivity index (χ0) is 24.9. The summed E-state index contributed by atoms with van der Waals surface area (Å²) in [6, 6.07) is 12.1. The van der Waals surface area contributed by atoms with Crippen molar-refractivity contribution in [2.75, 3.05) is 24.5 Å². The van der Waals surface area contributed by atoms with Gasteiger partial charge in [0.15, 0.2) is 0 Å². The number of benzene rings is 1. The van der Waals surface area contributed by atoms with Gasteiger partial charge in [-0.3, -0.25) is 19.1 Å². The third-order valence-electron chi connectivity index (χ3n) is 6.68. The summed E-state index contributed by atoms with van der Waals surface area (Å²) in [5.74, 6) is 0.690. The monoisotopic (exact) mass is 506 g/mol. The largest absolute Gasteiger partial charge is 0.357 e. The molecular formula is C27H30N4O2S2. The molecule has 1 aromatic carbocycles. The van der Waals surface area contributed by atoms with Crippen LogP contribution in [-0.2, 0) is 17.8 Å². The molecule has 2 fully saturated rings. The Labute approximate surface area is 216 Å².